The number of ether oxygens (including phenoxy) is 1. The summed E-state index contributed by atoms with van der Waals surface area (Å²) in [6.07, 6.45) is -0.966. The highest BCUT2D eigenvalue weighted by molar-refractivity contribution is 5.93. The van der Waals surface area contributed by atoms with Gasteiger partial charge in [-0.25, -0.2) is 4.79 Å². The Morgan fingerprint density at radius 2 is 2.07 bits per heavy atom. The van der Waals surface area contributed by atoms with Crippen LogP contribution in [0.4, 0.5) is 0 Å². The van der Waals surface area contributed by atoms with Gasteiger partial charge in [0.25, 0.3) is 5.91 Å². The Morgan fingerprint density at radius 1 is 1.47 bits per heavy atom. The predicted molar refractivity (Wildman–Crippen MR) is 50.0 cm³/mol. The topological polar surface area (TPSA) is 95.4 Å². The molecule has 0 aliphatic carbocycles. The van der Waals surface area contributed by atoms with Crippen molar-refractivity contribution in [1.82, 2.24) is 5.16 Å². The standard InChI is InChI=1S/C9H12N2O4/c1-4-7(5(2)15-11-4)9(13)14-6(3)8(10)12/h6H,1-3H3,(H2,10,12)/t6-/m1/s1. The van der Waals surface area contributed by atoms with E-state index in [2.05, 4.69) is 5.16 Å². The lowest BCUT2D eigenvalue weighted by Crippen LogP contribution is -2.30. The van der Waals surface area contributed by atoms with Gasteiger partial charge in [0.15, 0.2) is 6.10 Å². The van der Waals surface area contributed by atoms with Crippen LogP contribution in [0.25, 0.3) is 0 Å². The fourth-order valence-corrected chi connectivity index (χ4v) is 1.05. The Labute approximate surface area is 86.4 Å². The zero-order valence-electron chi connectivity index (χ0n) is 8.73. The maximum atomic E-state index is 11.5. The minimum atomic E-state index is -0.966. The molecule has 1 atom stereocenters. The maximum Gasteiger partial charge on any atom is 0.344 e. The van der Waals surface area contributed by atoms with Gasteiger partial charge in [-0.05, 0) is 20.8 Å². The van der Waals surface area contributed by atoms with E-state index in [1.54, 1.807) is 13.8 Å². The first-order valence-corrected chi connectivity index (χ1v) is 4.36. The minimum Gasteiger partial charge on any atom is -0.449 e. The number of amides is 1. The van der Waals surface area contributed by atoms with Crippen LogP contribution in [0.3, 0.4) is 0 Å². The molecule has 0 aliphatic rings. The lowest BCUT2D eigenvalue weighted by Gasteiger charge is -2.08. The number of nitrogens with two attached hydrogens (primary N) is 1. The molecule has 0 aromatic carbocycles. The largest absolute Gasteiger partial charge is 0.449 e. The van der Waals surface area contributed by atoms with Gasteiger partial charge in [0.2, 0.25) is 0 Å². The molecule has 1 amide bonds. The van der Waals surface area contributed by atoms with E-state index >= 15 is 0 Å². The quantitative estimate of drug-likeness (QED) is 0.728. The number of carbonyl (C=O) groups is 2. The summed E-state index contributed by atoms with van der Waals surface area (Å²) >= 11 is 0. The van der Waals surface area contributed by atoms with Crippen molar-refractivity contribution in [2.45, 2.75) is 26.9 Å². The highest BCUT2D eigenvalue weighted by Crippen LogP contribution is 2.14. The Kier molecular flexibility index (Phi) is 3.08. The molecule has 0 saturated carbocycles. The van der Waals surface area contributed by atoms with Crippen molar-refractivity contribution in [3.8, 4) is 0 Å². The molecule has 1 aromatic rings. The summed E-state index contributed by atoms with van der Waals surface area (Å²) in [5, 5.41) is 3.60. The molecule has 15 heavy (non-hydrogen) atoms. The molecule has 0 saturated heterocycles. The molecule has 0 bridgehead atoms. The second-order valence-electron chi connectivity index (χ2n) is 3.15. The van der Waals surface area contributed by atoms with Gasteiger partial charge in [0, 0.05) is 0 Å². The van der Waals surface area contributed by atoms with Crippen LogP contribution in [0, 0.1) is 13.8 Å². The van der Waals surface area contributed by atoms with Gasteiger partial charge in [-0.3, -0.25) is 4.79 Å². The second-order valence-corrected chi connectivity index (χ2v) is 3.15. The van der Waals surface area contributed by atoms with Crippen LogP contribution in [-0.2, 0) is 9.53 Å². The number of hydrogen-bond donors (Lipinski definition) is 1. The summed E-state index contributed by atoms with van der Waals surface area (Å²) in [7, 11) is 0. The van der Waals surface area contributed by atoms with Crippen molar-refractivity contribution in [3.63, 3.8) is 0 Å². The highest BCUT2D eigenvalue weighted by Gasteiger charge is 2.22. The Balaban J connectivity index is 2.82. The minimum absolute atomic E-state index is 0.239. The van der Waals surface area contributed by atoms with Gasteiger partial charge in [0.1, 0.15) is 11.3 Å². The van der Waals surface area contributed by atoms with Gasteiger partial charge in [-0.1, -0.05) is 5.16 Å². The van der Waals surface area contributed by atoms with Crippen molar-refractivity contribution < 1.29 is 18.8 Å². The third kappa shape index (κ3) is 2.34. The molecular formula is C9H12N2O4. The zero-order chi connectivity index (χ0) is 11.6. The molecule has 1 rings (SSSR count). The van der Waals surface area contributed by atoms with E-state index in [-0.39, 0.29) is 5.56 Å². The third-order valence-corrected chi connectivity index (χ3v) is 1.92. The highest BCUT2D eigenvalue weighted by atomic mass is 16.5. The molecule has 0 aliphatic heterocycles. The number of primary amides is 1. The van der Waals surface area contributed by atoms with E-state index < -0.39 is 18.0 Å². The predicted octanol–water partition coefficient (Wildman–Crippen LogP) is 0.322. The lowest BCUT2D eigenvalue weighted by atomic mass is 10.2. The molecule has 6 nitrogen and oxygen atoms in total. The number of esters is 1. The molecule has 0 fully saturated rings. The molecule has 2 N–H and O–H groups in total. The summed E-state index contributed by atoms with van der Waals surface area (Å²) in [6, 6.07) is 0. The molecule has 82 valence electrons. The third-order valence-electron chi connectivity index (χ3n) is 1.92. The SMILES string of the molecule is Cc1noc(C)c1C(=O)O[C@H](C)C(N)=O. The number of nitrogens with zero attached hydrogens (tertiary/aromatic N) is 1. The van der Waals surface area contributed by atoms with E-state index in [0.717, 1.165) is 0 Å². The van der Waals surface area contributed by atoms with Gasteiger partial charge in [-0.2, -0.15) is 0 Å². The van der Waals surface area contributed by atoms with Crippen LogP contribution in [0.15, 0.2) is 4.52 Å². The summed E-state index contributed by atoms with van der Waals surface area (Å²) in [6.45, 7) is 4.60. The maximum absolute atomic E-state index is 11.5. The molecule has 1 heterocycles. The van der Waals surface area contributed by atoms with Crippen molar-refractivity contribution in [1.29, 1.82) is 0 Å². The van der Waals surface area contributed by atoms with E-state index in [4.69, 9.17) is 15.0 Å². The number of rotatable bonds is 3. The smallest absolute Gasteiger partial charge is 0.344 e. The van der Waals surface area contributed by atoms with Crippen LogP contribution in [-0.4, -0.2) is 23.1 Å². The van der Waals surface area contributed by atoms with Crippen molar-refractivity contribution >= 4 is 11.9 Å². The number of carbonyl (C=O) groups excluding carboxylic acids is 2. The second kappa shape index (κ2) is 4.12. The van der Waals surface area contributed by atoms with Crippen molar-refractivity contribution in [2.24, 2.45) is 5.73 Å². The zero-order valence-corrected chi connectivity index (χ0v) is 8.73. The monoisotopic (exact) mass is 212 g/mol. The average molecular weight is 212 g/mol. The van der Waals surface area contributed by atoms with E-state index in [0.29, 0.717) is 11.5 Å². The van der Waals surface area contributed by atoms with E-state index in [9.17, 15) is 9.59 Å². The molecule has 1 aromatic heterocycles. The fraction of sp³-hybridized carbons (Fsp3) is 0.444. The first-order chi connectivity index (χ1) is 6.93. The van der Waals surface area contributed by atoms with E-state index in [1.807, 2.05) is 0 Å². The van der Waals surface area contributed by atoms with Crippen molar-refractivity contribution in [3.05, 3.63) is 17.0 Å². The van der Waals surface area contributed by atoms with Gasteiger partial charge in [0.05, 0.1) is 5.69 Å². The Bertz CT molecular complexity index is 377. The Hall–Kier alpha value is -1.85. The number of aromatic nitrogens is 1. The molecular weight excluding hydrogens is 200 g/mol. The van der Waals surface area contributed by atoms with Crippen LogP contribution < -0.4 is 5.73 Å². The average Bonchev–Trinajstić information content (AvgIpc) is 2.45. The number of hydrogen-bond acceptors (Lipinski definition) is 5. The van der Waals surface area contributed by atoms with E-state index in [1.165, 1.54) is 6.92 Å². The number of aryl methyl sites for hydroxylation is 2. The molecule has 6 heteroatoms. The summed E-state index contributed by atoms with van der Waals surface area (Å²) in [5.41, 5.74) is 5.62. The van der Waals surface area contributed by atoms with Gasteiger partial charge >= 0.3 is 5.97 Å². The van der Waals surface area contributed by atoms with Crippen LogP contribution in [0.1, 0.15) is 28.7 Å². The summed E-state index contributed by atoms with van der Waals surface area (Å²) < 4.78 is 9.60. The first-order valence-electron chi connectivity index (χ1n) is 4.36. The van der Waals surface area contributed by atoms with Crippen LogP contribution >= 0.6 is 0 Å². The van der Waals surface area contributed by atoms with Crippen LogP contribution in [0.5, 0.6) is 0 Å². The fourth-order valence-electron chi connectivity index (χ4n) is 1.05. The van der Waals surface area contributed by atoms with Crippen molar-refractivity contribution in [2.75, 3.05) is 0 Å². The molecule has 0 spiro atoms. The molecule has 0 radical (unpaired) electrons. The van der Waals surface area contributed by atoms with Gasteiger partial charge in [-0.15, -0.1) is 0 Å². The first kappa shape index (κ1) is 11.2. The Morgan fingerprint density at radius 3 is 2.47 bits per heavy atom. The van der Waals surface area contributed by atoms with Gasteiger partial charge < -0.3 is 15.0 Å². The molecule has 0 unspecified atom stereocenters. The lowest BCUT2D eigenvalue weighted by molar-refractivity contribution is -0.125. The normalized spacial score (nSPS) is 12.2. The van der Waals surface area contributed by atoms with Crippen LogP contribution in [0.2, 0.25) is 0 Å². The summed E-state index contributed by atoms with van der Waals surface area (Å²) in [4.78, 5) is 22.2. The summed E-state index contributed by atoms with van der Waals surface area (Å²) in [5.74, 6) is -0.998.